The Labute approximate surface area is 152 Å². The Bertz CT molecular complexity index is 694. The minimum atomic E-state index is -0.966. The number of hydrogen-bond donors (Lipinski definition) is 0. The van der Waals surface area contributed by atoms with E-state index in [1.807, 2.05) is 0 Å². The predicted molar refractivity (Wildman–Crippen MR) is 88.6 cm³/mol. The van der Waals surface area contributed by atoms with Crippen LogP contribution in [0.25, 0.3) is 0 Å². The fourth-order valence-corrected chi connectivity index (χ4v) is 4.48. The van der Waals surface area contributed by atoms with Crippen LogP contribution >= 0.6 is 0 Å². The zero-order valence-electron chi connectivity index (χ0n) is 15.4. The summed E-state index contributed by atoms with van der Waals surface area (Å²) >= 11 is 0. The topological polar surface area (TPSA) is 96.0 Å². The normalized spacial score (nSPS) is 39.0. The van der Waals surface area contributed by atoms with Crippen LogP contribution in [0.5, 0.6) is 0 Å². The molecule has 0 aromatic heterocycles. The number of Topliss-reactive ketones (excluding diaryl/α,β-unsaturated/α-hetero) is 1. The molecule has 1 aliphatic carbocycles. The Morgan fingerprint density at radius 1 is 1.31 bits per heavy atom. The molecular weight excluding hydrogens is 340 g/mol. The molecule has 6 atom stereocenters. The van der Waals surface area contributed by atoms with Crippen molar-refractivity contribution < 1.29 is 33.4 Å². The van der Waals surface area contributed by atoms with E-state index < -0.39 is 53.5 Å². The van der Waals surface area contributed by atoms with Gasteiger partial charge in [-0.05, 0) is 13.8 Å². The minimum absolute atomic E-state index is 0.0683. The number of rotatable bonds is 3. The highest BCUT2D eigenvalue weighted by Crippen LogP contribution is 2.52. The molecule has 0 radical (unpaired) electrons. The number of carbonyl (C=O) groups is 4. The van der Waals surface area contributed by atoms with Gasteiger partial charge in [0.05, 0.1) is 24.2 Å². The zero-order valence-corrected chi connectivity index (χ0v) is 15.4. The van der Waals surface area contributed by atoms with Gasteiger partial charge in [-0.15, -0.1) is 0 Å². The molecule has 0 aromatic carbocycles. The molecule has 0 aromatic rings. The average Bonchev–Trinajstić information content (AvgIpc) is 2.92. The lowest BCUT2D eigenvalue weighted by Crippen LogP contribution is -2.42. The van der Waals surface area contributed by atoms with Crippen molar-refractivity contribution in [3.05, 3.63) is 12.2 Å². The molecule has 0 amide bonds. The summed E-state index contributed by atoms with van der Waals surface area (Å²) in [6.45, 7) is 10.4. The third kappa shape index (κ3) is 2.83. The van der Waals surface area contributed by atoms with Crippen LogP contribution in [-0.4, -0.2) is 41.5 Å². The van der Waals surface area contributed by atoms with Crippen LogP contribution in [0.3, 0.4) is 0 Å². The van der Waals surface area contributed by atoms with Crippen LogP contribution in [0.1, 0.15) is 40.5 Å². The molecule has 1 saturated carbocycles. The molecule has 0 spiro atoms. The lowest BCUT2D eigenvalue weighted by molar-refractivity contribution is -0.161. The van der Waals surface area contributed by atoms with Gasteiger partial charge in [-0.1, -0.05) is 20.4 Å². The summed E-state index contributed by atoms with van der Waals surface area (Å²) in [5, 5.41) is 0. The van der Waals surface area contributed by atoms with Gasteiger partial charge in [-0.2, -0.15) is 0 Å². The Morgan fingerprint density at radius 3 is 2.54 bits per heavy atom. The SMILES string of the molecule is C=C1C(=O)O[C@@H]2[C@@H](C(C)=O)[C@H]3CC(=O)O[C@]3(C)C[C@@H](OC(=O)C(C)C)[C@@H]12. The van der Waals surface area contributed by atoms with Gasteiger partial charge in [-0.3, -0.25) is 14.4 Å². The summed E-state index contributed by atoms with van der Waals surface area (Å²) in [4.78, 5) is 48.8. The first-order valence-electron chi connectivity index (χ1n) is 8.87. The van der Waals surface area contributed by atoms with E-state index in [1.54, 1.807) is 20.8 Å². The van der Waals surface area contributed by atoms with Gasteiger partial charge >= 0.3 is 17.9 Å². The van der Waals surface area contributed by atoms with Crippen LogP contribution in [0, 0.1) is 23.7 Å². The van der Waals surface area contributed by atoms with E-state index in [9.17, 15) is 19.2 Å². The molecule has 7 nitrogen and oxygen atoms in total. The predicted octanol–water partition coefficient (Wildman–Crippen LogP) is 1.58. The monoisotopic (exact) mass is 364 g/mol. The molecular formula is C19H24O7. The van der Waals surface area contributed by atoms with Gasteiger partial charge < -0.3 is 14.2 Å². The molecule has 26 heavy (non-hydrogen) atoms. The molecule has 142 valence electrons. The highest BCUT2D eigenvalue weighted by molar-refractivity contribution is 5.92. The fourth-order valence-electron chi connectivity index (χ4n) is 4.48. The Morgan fingerprint density at radius 2 is 1.96 bits per heavy atom. The number of esters is 3. The van der Waals surface area contributed by atoms with Crippen molar-refractivity contribution in [2.24, 2.45) is 23.7 Å². The van der Waals surface area contributed by atoms with E-state index >= 15 is 0 Å². The lowest BCUT2D eigenvalue weighted by atomic mass is 9.74. The summed E-state index contributed by atoms with van der Waals surface area (Å²) in [7, 11) is 0. The van der Waals surface area contributed by atoms with E-state index in [1.165, 1.54) is 6.92 Å². The van der Waals surface area contributed by atoms with Crippen molar-refractivity contribution in [1.29, 1.82) is 0 Å². The molecule has 2 heterocycles. The fraction of sp³-hybridized carbons (Fsp3) is 0.684. The van der Waals surface area contributed by atoms with Crippen LogP contribution < -0.4 is 0 Å². The minimum Gasteiger partial charge on any atom is -0.461 e. The summed E-state index contributed by atoms with van der Waals surface area (Å²) < 4.78 is 16.7. The second kappa shape index (κ2) is 6.21. The van der Waals surface area contributed by atoms with Crippen molar-refractivity contribution in [2.45, 2.75) is 58.3 Å². The smallest absolute Gasteiger partial charge is 0.334 e. The number of ether oxygens (including phenoxy) is 3. The van der Waals surface area contributed by atoms with E-state index in [0.717, 1.165) is 0 Å². The number of carbonyl (C=O) groups excluding carboxylic acids is 4. The molecule has 2 aliphatic heterocycles. The van der Waals surface area contributed by atoms with Gasteiger partial charge in [0.2, 0.25) is 0 Å². The standard InChI is InChI=1S/C19H24O7/c1-8(2)17(22)24-12-7-19(5)11(6-13(21)26-19)15(10(4)20)16-14(12)9(3)18(23)25-16/h8,11-12,14-16H,3,6-7H2,1-2,4-5H3/t11-,12-,14-,15+,16+,19-/m1/s1. The maximum atomic E-state index is 12.4. The second-order valence-corrected chi connectivity index (χ2v) is 7.99. The molecule has 0 bridgehead atoms. The Hall–Kier alpha value is -2.18. The molecule has 0 N–H and O–H groups in total. The van der Waals surface area contributed by atoms with Gasteiger partial charge in [-0.25, -0.2) is 4.79 Å². The first kappa shape index (κ1) is 18.6. The third-order valence-electron chi connectivity index (χ3n) is 5.78. The van der Waals surface area contributed by atoms with E-state index in [0.29, 0.717) is 0 Å². The third-order valence-corrected chi connectivity index (χ3v) is 5.78. The van der Waals surface area contributed by atoms with Gasteiger partial charge in [0, 0.05) is 17.9 Å². The van der Waals surface area contributed by atoms with Crippen LogP contribution in [-0.2, 0) is 33.4 Å². The van der Waals surface area contributed by atoms with Gasteiger partial charge in [0.1, 0.15) is 23.6 Å². The summed E-state index contributed by atoms with van der Waals surface area (Å²) in [6.07, 6.45) is -1.29. The van der Waals surface area contributed by atoms with Crippen molar-refractivity contribution >= 4 is 23.7 Å². The second-order valence-electron chi connectivity index (χ2n) is 7.99. The first-order chi connectivity index (χ1) is 12.0. The zero-order chi connectivity index (χ0) is 19.4. The van der Waals surface area contributed by atoms with Crippen molar-refractivity contribution in [2.75, 3.05) is 0 Å². The highest BCUT2D eigenvalue weighted by Gasteiger charge is 2.62. The highest BCUT2D eigenvalue weighted by atomic mass is 16.6. The summed E-state index contributed by atoms with van der Waals surface area (Å²) in [5.41, 5.74) is -0.774. The Balaban J connectivity index is 2.07. The number of fused-ring (bicyclic) bond motifs is 2. The summed E-state index contributed by atoms with van der Waals surface area (Å²) in [6, 6.07) is 0. The number of hydrogen-bond acceptors (Lipinski definition) is 7. The van der Waals surface area contributed by atoms with E-state index in [2.05, 4.69) is 6.58 Å². The molecule has 2 saturated heterocycles. The van der Waals surface area contributed by atoms with Crippen LogP contribution in [0.4, 0.5) is 0 Å². The lowest BCUT2D eigenvalue weighted by Gasteiger charge is -2.33. The molecule has 3 rings (SSSR count). The quantitative estimate of drug-likeness (QED) is 0.426. The van der Waals surface area contributed by atoms with Gasteiger partial charge in [0.15, 0.2) is 0 Å². The van der Waals surface area contributed by atoms with Crippen molar-refractivity contribution in [1.82, 2.24) is 0 Å². The number of ketones is 1. The van der Waals surface area contributed by atoms with Crippen molar-refractivity contribution in [3.63, 3.8) is 0 Å². The van der Waals surface area contributed by atoms with E-state index in [4.69, 9.17) is 14.2 Å². The van der Waals surface area contributed by atoms with Crippen LogP contribution in [0.2, 0.25) is 0 Å². The first-order valence-corrected chi connectivity index (χ1v) is 8.87. The molecule has 0 unspecified atom stereocenters. The average molecular weight is 364 g/mol. The molecule has 7 heteroatoms. The largest absolute Gasteiger partial charge is 0.461 e. The Kier molecular flexibility index (Phi) is 4.45. The van der Waals surface area contributed by atoms with Crippen LogP contribution in [0.15, 0.2) is 12.2 Å². The summed E-state index contributed by atoms with van der Waals surface area (Å²) in [5.74, 6) is -3.74. The molecule has 3 fully saturated rings. The van der Waals surface area contributed by atoms with E-state index in [-0.39, 0.29) is 30.1 Å². The maximum Gasteiger partial charge on any atom is 0.334 e. The van der Waals surface area contributed by atoms with Crippen molar-refractivity contribution in [3.8, 4) is 0 Å². The van der Waals surface area contributed by atoms with Gasteiger partial charge in [0.25, 0.3) is 0 Å². The molecule has 3 aliphatic rings. The maximum absolute atomic E-state index is 12.4.